The zero-order valence-corrected chi connectivity index (χ0v) is 17.5. The Bertz CT molecular complexity index is 1180. The van der Waals surface area contributed by atoms with E-state index in [-0.39, 0.29) is 5.91 Å². The number of halogens is 1. The standard InChI is InChI=1S/C22H18ClN3O2S/c1-14-5-3-7-19-20(14)25-22(29-19)26(13-15-6-4-10-24-12-15)21(27)17-11-16(23)8-9-18(17)28-2/h3-12H,13H2,1-2H3. The van der Waals surface area contributed by atoms with Crippen molar-refractivity contribution >= 4 is 44.2 Å². The van der Waals surface area contributed by atoms with Crippen LogP contribution in [0.25, 0.3) is 10.2 Å². The highest BCUT2D eigenvalue weighted by Crippen LogP contribution is 2.34. The van der Waals surface area contributed by atoms with Gasteiger partial charge in [-0.2, -0.15) is 0 Å². The topological polar surface area (TPSA) is 55.3 Å². The average molecular weight is 424 g/mol. The highest BCUT2D eigenvalue weighted by Gasteiger charge is 2.25. The van der Waals surface area contributed by atoms with Gasteiger partial charge < -0.3 is 4.74 Å². The normalized spacial score (nSPS) is 10.9. The SMILES string of the molecule is COc1ccc(Cl)cc1C(=O)N(Cc1cccnc1)c1nc2c(C)cccc2s1. The molecule has 0 aliphatic rings. The molecule has 1 amide bonds. The number of rotatable bonds is 5. The summed E-state index contributed by atoms with van der Waals surface area (Å²) < 4.78 is 6.43. The lowest BCUT2D eigenvalue weighted by Crippen LogP contribution is -2.30. The summed E-state index contributed by atoms with van der Waals surface area (Å²) in [5.74, 6) is 0.234. The second-order valence-electron chi connectivity index (χ2n) is 6.52. The summed E-state index contributed by atoms with van der Waals surface area (Å²) in [4.78, 5) is 24.2. The van der Waals surface area contributed by atoms with Crippen LogP contribution in [0.2, 0.25) is 5.02 Å². The number of para-hydroxylation sites is 1. The van der Waals surface area contributed by atoms with E-state index in [1.165, 1.54) is 18.4 Å². The summed E-state index contributed by atoms with van der Waals surface area (Å²) in [5.41, 5.74) is 3.26. The molecule has 0 radical (unpaired) electrons. The Morgan fingerprint density at radius 3 is 2.79 bits per heavy atom. The highest BCUT2D eigenvalue weighted by atomic mass is 35.5. The summed E-state index contributed by atoms with van der Waals surface area (Å²) >= 11 is 7.64. The number of amides is 1. The van der Waals surface area contributed by atoms with Gasteiger partial charge >= 0.3 is 0 Å². The van der Waals surface area contributed by atoms with Gasteiger partial charge in [-0.15, -0.1) is 0 Å². The second-order valence-corrected chi connectivity index (χ2v) is 7.96. The Balaban J connectivity index is 1.82. The van der Waals surface area contributed by atoms with Gasteiger partial charge in [-0.05, 0) is 48.4 Å². The van der Waals surface area contributed by atoms with Crippen LogP contribution in [0.1, 0.15) is 21.5 Å². The monoisotopic (exact) mass is 423 g/mol. The van der Waals surface area contributed by atoms with Crippen molar-refractivity contribution in [3.05, 3.63) is 82.6 Å². The third-order valence-electron chi connectivity index (χ3n) is 4.54. The second kappa shape index (κ2) is 8.19. The van der Waals surface area contributed by atoms with Crippen LogP contribution in [0, 0.1) is 6.92 Å². The third kappa shape index (κ3) is 3.95. The maximum Gasteiger partial charge on any atom is 0.264 e. The molecule has 0 aliphatic carbocycles. The fraction of sp³-hybridized carbons (Fsp3) is 0.136. The van der Waals surface area contributed by atoms with Crippen molar-refractivity contribution in [1.29, 1.82) is 0 Å². The predicted molar refractivity (Wildman–Crippen MR) is 117 cm³/mol. The Labute approximate surface area is 177 Å². The Kier molecular flexibility index (Phi) is 5.47. The van der Waals surface area contributed by atoms with Crippen LogP contribution >= 0.6 is 22.9 Å². The third-order valence-corrected chi connectivity index (χ3v) is 5.82. The van der Waals surface area contributed by atoms with Gasteiger partial charge in [0.2, 0.25) is 0 Å². The Hall–Kier alpha value is -2.96. The van der Waals surface area contributed by atoms with E-state index < -0.39 is 0 Å². The number of thiazole rings is 1. The number of ether oxygens (including phenoxy) is 1. The number of nitrogens with zero attached hydrogens (tertiary/aromatic N) is 3. The van der Waals surface area contributed by atoms with E-state index >= 15 is 0 Å². The van der Waals surface area contributed by atoms with E-state index in [9.17, 15) is 4.79 Å². The van der Waals surface area contributed by atoms with Crippen LogP contribution in [0.5, 0.6) is 5.75 Å². The fourth-order valence-electron chi connectivity index (χ4n) is 3.08. The number of pyridine rings is 1. The first-order valence-electron chi connectivity index (χ1n) is 8.97. The molecule has 29 heavy (non-hydrogen) atoms. The molecule has 7 heteroatoms. The molecule has 0 saturated heterocycles. The Morgan fingerprint density at radius 1 is 1.21 bits per heavy atom. The molecular formula is C22H18ClN3O2S. The van der Waals surface area contributed by atoms with E-state index in [4.69, 9.17) is 21.3 Å². The van der Waals surface area contributed by atoms with E-state index in [0.29, 0.717) is 28.0 Å². The number of benzene rings is 2. The molecule has 0 saturated carbocycles. The average Bonchev–Trinajstić information content (AvgIpc) is 3.17. The molecular weight excluding hydrogens is 406 g/mol. The van der Waals surface area contributed by atoms with Gasteiger partial charge in [0.1, 0.15) is 5.75 Å². The largest absolute Gasteiger partial charge is 0.496 e. The molecule has 4 aromatic rings. The van der Waals surface area contributed by atoms with Crippen molar-refractivity contribution in [3.63, 3.8) is 0 Å². The number of aromatic nitrogens is 2. The van der Waals surface area contributed by atoms with Gasteiger partial charge in [-0.1, -0.05) is 41.1 Å². The lowest BCUT2D eigenvalue weighted by Gasteiger charge is -2.21. The van der Waals surface area contributed by atoms with Gasteiger partial charge in [0.05, 0.1) is 29.4 Å². The zero-order valence-electron chi connectivity index (χ0n) is 15.9. The summed E-state index contributed by atoms with van der Waals surface area (Å²) in [6.45, 7) is 2.35. The molecule has 0 N–H and O–H groups in total. The minimum absolute atomic E-state index is 0.232. The fourth-order valence-corrected chi connectivity index (χ4v) is 4.30. The van der Waals surface area contributed by atoms with Crippen LogP contribution in [0.15, 0.2) is 60.9 Å². The summed E-state index contributed by atoms with van der Waals surface area (Å²) in [7, 11) is 1.53. The molecule has 5 nitrogen and oxygen atoms in total. The van der Waals surface area contributed by atoms with Crippen molar-refractivity contribution in [2.24, 2.45) is 0 Å². The minimum atomic E-state index is -0.232. The van der Waals surface area contributed by atoms with Gasteiger partial charge in [0.15, 0.2) is 5.13 Å². The van der Waals surface area contributed by atoms with Crippen LogP contribution < -0.4 is 9.64 Å². The number of carbonyl (C=O) groups excluding carboxylic acids is 1. The van der Waals surface area contributed by atoms with E-state index in [2.05, 4.69) is 4.98 Å². The van der Waals surface area contributed by atoms with Gasteiger partial charge in [0, 0.05) is 17.4 Å². The molecule has 0 bridgehead atoms. The first-order chi connectivity index (χ1) is 14.1. The lowest BCUT2D eigenvalue weighted by molar-refractivity contribution is 0.0982. The first kappa shape index (κ1) is 19.4. The first-order valence-corrected chi connectivity index (χ1v) is 10.2. The number of carbonyl (C=O) groups is 1. The summed E-state index contributed by atoms with van der Waals surface area (Å²) in [6.07, 6.45) is 3.45. The number of fused-ring (bicyclic) bond motifs is 1. The quantitative estimate of drug-likeness (QED) is 0.424. The molecule has 2 aromatic heterocycles. The maximum atomic E-state index is 13.6. The molecule has 0 spiro atoms. The molecule has 0 aliphatic heterocycles. The van der Waals surface area contributed by atoms with Crippen LogP contribution in [0.4, 0.5) is 5.13 Å². The summed E-state index contributed by atoms with van der Waals surface area (Å²) in [5, 5.41) is 1.08. The smallest absolute Gasteiger partial charge is 0.264 e. The van der Waals surface area contributed by atoms with E-state index in [1.54, 1.807) is 35.5 Å². The summed E-state index contributed by atoms with van der Waals surface area (Å²) in [6, 6.07) is 14.8. The number of anilines is 1. The molecule has 0 atom stereocenters. The van der Waals surface area contributed by atoms with Gasteiger partial charge in [-0.3, -0.25) is 14.7 Å². The van der Waals surface area contributed by atoms with Gasteiger partial charge in [0.25, 0.3) is 5.91 Å². The van der Waals surface area contributed by atoms with Crippen LogP contribution in [-0.2, 0) is 6.54 Å². The molecule has 2 aromatic carbocycles. The minimum Gasteiger partial charge on any atom is -0.496 e. The molecule has 2 heterocycles. The van der Waals surface area contributed by atoms with Crippen molar-refractivity contribution in [2.45, 2.75) is 13.5 Å². The van der Waals surface area contributed by atoms with E-state index in [1.807, 2.05) is 37.3 Å². The number of aryl methyl sites for hydroxylation is 1. The predicted octanol–water partition coefficient (Wildman–Crippen LogP) is 5.51. The Morgan fingerprint density at radius 2 is 2.07 bits per heavy atom. The van der Waals surface area contributed by atoms with Crippen molar-refractivity contribution in [1.82, 2.24) is 9.97 Å². The number of methoxy groups -OCH3 is 1. The molecule has 4 rings (SSSR count). The van der Waals surface area contributed by atoms with Crippen molar-refractivity contribution < 1.29 is 9.53 Å². The molecule has 0 fully saturated rings. The zero-order chi connectivity index (χ0) is 20.4. The van der Waals surface area contributed by atoms with Gasteiger partial charge in [-0.25, -0.2) is 4.98 Å². The van der Waals surface area contributed by atoms with Crippen molar-refractivity contribution in [2.75, 3.05) is 12.0 Å². The van der Waals surface area contributed by atoms with Crippen LogP contribution in [0.3, 0.4) is 0 Å². The highest BCUT2D eigenvalue weighted by molar-refractivity contribution is 7.22. The number of hydrogen-bond acceptors (Lipinski definition) is 5. The number of hydrogen-bond donors (Lipinski definition) is 0. The molecule has 0 unspecified atom stereocenters. The van der Waals surface area contributed by atoms with E-state index in [0.717, 1.165) is 21.3 Å². The van der Waals surface area contributed by atoms with Crippen LogP contribution in [-0.4, -0.2) is 23.0 Å². The molecule has 146 valence electrons. The lowest BCUT2D eigenvalue weighted by atomic mass is 10.1. The van der Waals surface area contributed by atoms with Crippen molar-refractivity contribution in [3.8, 4) is 5.75 Å². The maximum absolute atomic E-state index is 13.6.